The molecule has 0 radical (unpaired) electrons. The molecule has 0 saturated carbocycles. The summed E-state index contributed by atoms with van der Waals surface area (Å²) in [6.07, 6.45) is 1.77. The normalized spacial score (nSPS) is 12.5. The first-order valence-corrected chi connectivity index (χ1v) is 10.8. The maximum Gasteiger partial charge on any atom is 0.253 e. The van der Waals surface area contributed by atoms with E-state index in [-0.39, 0.29) is 18.0 Å². The summed E-state index contributed by atoms with van der Waals surface area (Å²) < 4.78 is 1.87. The molecule has 0 spiro atoms. The number of aromatic nitrogens is 4. The van der Waals surface area contributed by atoms with Gasteiger partial charge >= 0.3 is 0 Å². The molecule has 0 aliphatic rings. The van der Waals surface area contributed by atoms with Gasteiger partial charge in [-0.05, 0) is 40.7 Å². The molecule has 0 aliphatic heterocycles. The van der Waals surface area contributed by atoms with Crippen molar-refractivity contribution < 1.29 is 4.79 Å². The van der Waals surface area contributed by atoms with Crippen LogP contribution in [0.3, 0.4) is 0 Å². The maximum atomic E-state index is 13.0. The van der Waals surface area contributed by atoms with Crippen LogP contribution in [0.25, 0.3) is 21.6 Å². The van der Waals surface area contributed by atoms with Crippen LogP contribution >= 0.6 is 11.3 Å². The van der Waals surface area contributed by atoms with E-state index >= 15 is 0 Å². The van der Waals surface area contributed by atoms with Gasteiger partial charge in [0.1, 0.15) is 5.01 Å². The van der Waals surface area contributed by atoms with E-state index in [2.05, 4.69) is 29.2 Å². The monoisotopic (exact) mass is 419 g/mol. The third-order valence-corrected chi connectivity index (χ3v) is 6.48. The van der Waals surface area contributed by atoms with Crippen molar-refractivity contribution in [1.29, 1.82) is 0 Å². The average Bonchev–Trinajstić information content (AvgIpc) is 3.31. The van der Waals surface area contributed by atoms with Crippen LogP contribution in [0.15, 0.2) is 42.6 Å². The van der Waals surface area contributed by atoms with Gasteiger partial charge in [-0.25, -0.2) is 14.6 Å². The Labute approximate surface area is 180 Å². The lowest BCUT2D eigenvalue weighted by Crippen LogP contribution is -2.27. The summed E-state index contributed by atoms with van der Waals surface area (Å²) in [5.41, 5.74) is 4.10. The van der Waals surface area contributed by atoms with E-state index in [1.807, 2.05) is 61.9 Å². The quantitative estimate of drug-likeness (QED) is 0.480. The van der Waals surface area contributed by atoms with Gasteiger partial charge < -0.3 is 5.32 Å². The van der Waals surface area contributed by atoms with Crippen molar-refractivity contribution in [3.63, 3.8) is 0 Å². The van der Waals surface area contributed by atoms with Crippen LogP contribution in [-0.2, 0) is 0 Å². The van der Waals surface area contributed by atoms with Crippen molar-refractivity contribution >= 4 is 28.3 Å². The molecule has 3 aromatic heterocycles. The standard InChI is InChI=1S/C23H25N5OS/c1-13(2)28-21-18(12-24-28)11-19(14(3)25-21)22(29)26-15(4)20-16(5)27-23(30-20)17-9-7-6-8-10-17/h6-13,15H,1-5H3,(H,26,29). The van der Waals surface area contributed by atoms with E-state index in [4.69, 9.17) is 4.98 Å². The summed E-state index contributed by atoms with van der Waals surface area (Å²) in [5.74, 6) is -0.138. The fraction of sp³-hybridized carbons (Fsp3) is 0.304. The lowest BCUT2D eigenvalue weighted by Gasteiger charge is -2.14. The number of nitrogens with zero attached hydrogens (tertiary/aromatic N) is 4. The predicted octanol–water partition coefficient (Wildman–Crippen LogP) is 5.24. The van der Waals surface area contributed by atoms with Crippen LogP contribution < -0.4 is 5.32 Å². The minimum atomic E-state index is -0.152. The Kier molecular flexibility index (Phi) is 5.39. The molecule has 7 heteroatoms. The SMILES string of the molecule is Cc1nc2c(cnn2C(C)C)cc1C(=O)NC(C)c1sc(-c2ccccc2)nc1C. The van der Waals surface area contributed by atoms with Gasteiger partial charge in [-0.3, -0.25) is 4.79 Å². The average molecular weight is 420 g/mol. The van der Waals surface area contributed by atoms with Crippen LogP contribution in [0.2, 0.25) is 0 Å². The number of rotatable bonds is 5. The molecule has 1 unspecified atom stereocenters. The zero-order chi connectivity index (χ0) is 21.4. The second-order valence-electron chi connectivity index (χ2n) is 7.75. The van der Waals surface area contributed by atoms with E-state index < -0.39 is 0 Å². The number of nitrogens with one attached hydrogen (secondary N) is 1. The Bertz CT molecular complexity index is 1210. The number of aryl methyl sites for hydroxylation is 2. The predicted molar refractivity (Wildman–Crippen MR) is 121 cm³/mol. The molecule has 1 amide bonds. The molecule has 0 saturated heterocycles. The van der Waals surface area contributed by atoms with Gasteiger partial charge in [0, 0.05) is 17.0 Å². The van der Waals surface area contributed by atoms with Gasteiger partial charge in [-0.2, -0.15) is 5.10 Å². The van der Waals surface area contributed by atoms with Gasteiger partial charge in [0.25, 0.3) is 5.91 Å². The number of thiazole rings is 1. The number of amides is 1. The van der Waals surface area contributed by atoms with Crippen LogP contribution in [-0.4, -0.2) is 25.7 Å². The first-order valence-electron chi connectivity index (χ1n) is 10.0. The lowest BCUT2D eigenvalue weighted by molar-refractivity contribution is 0.0939. The molecule has 4 aromatic rings. The van der Waals surface area contributed by atoms with Gasteiger partial charge in [0.2, 0.25) is 0 Å². The molecule has 30 heavy (non-hydrogen) atoms. The van der Waals surface area contributed by atoms with Crippen LogP contribution in [0.1, 0.15) is 59.5 Å². The van der Waals surface area contributed by atoms with Crippen LogP contribution in [0.4, 0.5) is 0 Å². The molecule has 1 N–H and O–H groups in total. The van der Waals surface area contributed by atoms with Crippen LogP contribution in [0.5, 0.6) is 0 Å². The molecule has 0 fully saturated rings. The summed E-state index contributed by atoms with van der Waals surface area (Å²) in [5, 5.41) is 9.35. The third kappa shape index (κ3) is 3.73. The third-order valence-electron chi connectivity index (χ3n) is 5.09. The zero-order valence-electron chi connectivity index (χ0n) is 17.8. The molecule has 1 aromatic carbocycles. The van der Waals surface area contributed by atoms with Gasteiger partial charge in [0.05, 0.1) is 34.1 Å². The highest BCUT2D eigenvalue weighted by molar-refractivity contribution is 7.15. The van der Waals surface area contributed by atoms with Gasteiger partial charge in [0.15, 0.2) is 5.65 Å². The van der Waals surface area contributed by atoms with E-state index in [0.717, 1.165) is 32.2 Å². The molecule has 6 nitrogen and oxygen atoms in total. The molecule has 154 valence electrons. The minimum Gasteiger partial charge on any atom is -0.345 e. The number of pyridine rings is 1. The van der Waals surface area contributed by atoms with E-state index in [1.165, 1.54) is 0 Å². The number of carbonyl (C=O) groups is 1. The fourth-order valence-corrected chi connectivity index (χ4v) is 4.60. The van der Waals surface area contributed by atoms with Gasteiger partial charge in [-0.1, -0.05) is 30.3 Å². The second-order valence-corrected chi connectivity index (χ2v) is 8.78. The highest BCUT2D eigenvalue weighted by Gasteiger charge is 2.20. The molecule has 4 rings (SSSR count). The molecular weight excluding hydrogens is 394 g/mol. The first kappa shape index (κ1) is 20.2. The van der Waals surface area contributed by atoms with Crippen molar-refractivity contribution in [3.8, 4) is 10.6 Å². The maximum absolute atomic E-state index is 13.0. The number of hydrogen-bond donors (Lipinski definition) is 1. The molecule has 0 aliphatic carbocycles. The fourth-order valence-electron chi connectivity index (χ4n) is 3.53. The van der Waals surface area contributed by atoms with Crippen molar-refractivity contribution in [2.75, 3.05) is 0 Å². The Morgan fingerprint density at radius 1 is 1.07 bits per heavy atom. The summed E-state index contributed by atoms with van der Waals surface area (Å²) in [7, 11) is 0. The van der Waals surface area contributed by atoms with E-state index in [0.29, 0.717) is 11.3 Å². The Hall–Kier alpha value is -3.06. The summed E-state index contributed by atoms with van der Waals surface area (Å²) in [6, 6.07) is 12.0. The van der Waals surface area contributed by atoms with Crippen molar-refractivity contribution in [1.82, 2.24) is 25.1 Å². The topological polar surface area (TPSA) is 72.7 Å². The Balaban J connectivity index is 1.58. The molecule has 3 heterocycles. The number of carbonyl (C=O) groups excluding carboxylic acids is 1. The molecule has 0 bridgehead atoms. The van der Waals surface area contributed by atoms with Crippen molar-refractivity contribution in [2.24, 2.45) is 0 Å². The van der Waals surface area contributed by atoms with E-state index in [1.54, 1.807) is 17.5 Å². The highest BCUT2D eigenvalue weighted by atomic mass is 32.1. The number of hydrogen-bond acceptors (Lipinski definition) is 5. The molecule has 1 atom stereocenters. The van der Waals surface area contributed by atoms with E-state index in [9.17, 15) is 4.79 Å². The lowest BCUT2D eigenvalue weighted by atomic mass is 10.1. The number of fused-ring (bicyclic) bond motifs is 1. The summed E-state index contributed by atoms with van der Waals surface area (Å²) in [4.78, 5) is 23.4. The Morgan fingerprint density at radius 2 is 1.80 bits per heavy atom. The molecular formula is C23H25N5OS. The number of benzene rings is 1. The minimum absolute atomic E-state index is 0.138. The highest BCUT2D eigenvalue weighted by Crippen LogP contribution is 2.32. The first-order chi connectivity index (χ1) is 14.3. The van der Waals surface area contributed by atoms with Crippen molar-refractivity contribution in [2.45, 2.75) is 46.7 Å². The smallest absolute Gasteiger partial charge is 0.253 e. The van der Waals surface area contributed by atoms with Gasteiger partial charge in [-0.15, -0.1) is 11.3 Å². The Morgan fingerprint density at radius 3 is 2.50 bits per heavy atom. The summed E-state index contributed by atoms with van der Waals surface area (Å²) >= 11 is 1.62. The largest absolute Gasteiger partial charge is 0.345 e. The zero-order valence-corrected chi connectivity index (χ0v) is 18.6. The van der Waals surface area contributed by atoms with Crippen molar-refractivity contribution in [3.05, 3.63) is 64.4 Å². The van der Waals surface area contributed by atoms with Crippen LogP contribution in [0, 0.1) is 13.8 Å². The summed E-state index contributed by atoms with van der Waals surface area (Å²) in [6.45, 7) is 9.97. The second kappa shape index (κ2) is 7.99.